The van der Waals surface area contributed by atoms with Crippen LogP contribution in [-0.4, -0.2) is 158 Å². The lowest BCUT2D eigenvalue weighted by molar-refractivity contribution is -0.154. The molecule has 12 aromatic heterocycles. The monoisotopic (exact) mass is 1530 g/mol. The lowest BCUT2D eigenvalue weighted by Gasteiger charge is -2.15. The molecule has 15 aromatic rings. The van der Waals surface area contributed by atoms with Crippen molar-refractivity contribution in [3.8, 4) is 62.8 Å². The summed E-state index contributed by atoms with van der Waals surface area (Å²) in [5, 5.41) is 32.4. The first-order valence-corrected chi connectivity index (χ1v) is 32.6. The summed E-state index contributed by atoms with van der Waals surface area (Å²) in [6, 6.07) is 32.0. The Balaban J connectivity index is 0.000000152. The number of benzene rings is 3. The van der Waals surface area contributed by atoms with Gasteiger partial charge in [-0.1, -0.05) is 44.5 Å². The number of H-pyrrole nitrogens is 1. The van der Waals surface area contributed by atoms with E-state index in [0.29, 0.717) is 39.2 Å². The summed E-state index contributed by atoms with van der Waals surface area (Å²) in [5.41, 5.74) is 4.26. The minimum absolute atomic E-state index is 0.0466. The van der Waals surface area contributed by atoms with Crippen LogP contribution in [0.15, 0.2) is 179 Å². The molecule has 0 amide bonds. The largest absolute Gasteiger partial charge is 0.490 e. The molecule has 110 heavy (non-hydrogen) atoms. The van der Waals surface area contributed by atoms with E-state index < -0.39 is 74.0 Å². The van der Waals surface area contributed by atoms with Crippen molar-refractivity contribution in [3.05, 3.63) is 208 Å². The Morgan fingerprint density at radius 1 is 0.455 bits per heavy atom. The zero-order valence-electron chi connectivity index (χ0n) is 58.5. The highest BCUT2D eigenvalue weighted by Crippen LogP contribution is 2.30. The van der Waals surface area contributed by atoms with Crippen molar-refractivity contribution in [1.82, 2.24) is 88.3 Å². The second-order valence-corrected chi connectivity index (χ2v) is 24.2. The van der Waals surface area contributed by atoms with Crippen LogP contribution in [0.5, 0.6) is 17.6 Å². The summed E-state index contributed by atoms with van der Waals surface area (Å²) < 4.78 is 160. The molecule has 12 heterocycles. The molecule has 0 unspecified atom stereocenters. The van der Waals surface area contributed by atoms with E-state index in [9.17, 15) is 62.7 Å². The van der Waals surface area contributed by atoms with Gasteiger partial charge in [0, 0.05) is 117 Å². The van der Waals surface area contributed by atoms with Gasteiger partial charge < -0.3 is 34.1 Å². The van der Waals surface area contributed by atoms with E-state index in [-0.39, 0.29) is 68.3 Å². The molecule has 0 aliphatic rings. The Hall–Kier alpha value is -13.2. The quantitative estimate of drug-likeness (QED) is 0.0548. The maximum absolute atomic E-state index is 13.8. The number of fused-ring (bicyclic) bond motifs is 6. The Morgan fingerprint density at radius 2 is 0.827 bits per heavy atom. The second-order valence-electron chi connectivity index (χ2n) is 24.2. The third-order valence-electron chi connectivity index (χ3n) is 15.2. The molecule has 566 valence electrons. The normalized spacial score (nSPS) is 11.5. The van der Waals surface area contributed by atoms with Gasteiger partial charge in [-0.25, -0.2) is 29.9 Å². The highest BCUT2D eigenvalue weighted by Gasteiger charge is 2.31. The zero-order valence-corrected chi connectivity index (χ0v) is 58.5. The highest BCUT2D eigenvalue weighted by atomic mass is 19.4. The molecular weight excluding hydrogens is 1470 g/mol. The average Bonchev–Trinajstić information content (AvgIpc) is 0.850. The summed E-state index contributed by atoms with van der Waals surface area (Å²) >= 11 is 0. The molecule has 27 nitrogen and oxygen atoms in total. The number of hydrogen-bond acceptors (Lipinski definition) is 21. The van der Waals surface area contributed by atoms with Gasteiger partial charge in [-0.05, 0) is 84.9 Å². The van der Waals surface area contributed by atoms with Crippen LogP contribution >= 0.6 is 0 Å². The fraction of sp³-hybridized carbons (Fsp3) is 0.197. The van der Waals surface area contributed by atoms with E-state index in [2.05, 4.69) is 83.7 Å². The number of alkyl halides is 9. The molecule has 0 saturated heterocycles. The van der Waals surface area contributed by atoms with Crippen molar-refractivity contribution < 1.29 is 72.6 Å². The smallest absolute Gasteiger partial charge is 0.468 e. The number of aromatic nitrogens is 18. The van der Waals surface area contributed by atoms with Crippen LogP contribution in [-0.2, 0) is 21.1 Å². The maximum atomic E-state index is 13.8. The van der Waals surface area contributed by atoms with Crippen molar-refractivity contribution >= 4 is 84.6 Å². The van der Waals surface area contributed by atoms with Gasteiger partial charge in [0.05, 0.1) is 40.3 Å². The maximum Gasteiger partial charge on any atom is 0.490 e. The lowest BCUT2D eigenvalue weighted by atomic mass is 9.82. The number of aromatic amines is 1. The van der Waals surface area contributed by atoms with Crippen molar-refractivity contribution in [2.24, 2.45) is 21.1 Å². The number of nitrogens with one attached hydrogen (secondary N) is 1. The Bertz CT molecular complexity index is 6020. The van der Waals surface area contributed by atoms with Gasteiger partial charge in [-0.3, -0.25) is 37.6 Å². The van der Waals surface area contributed by atoms with E-state index in [1.165, 1.54) is 65.7 Å². The van der Waals surface area contributed by atoms with Gasteiger partial charge >= 0.3 is 25.6 Å². The molecule has 0 radical (unpaired) electrons. The van der Waals surface area contributed by atoms with Crippen LogP contribution < -0.4 is 41.3 Å². The molecule has 0 atom stereocenters. The van der Waals surface area contributed by atoms with Gasteiger partial charge in [0.25, 0.3) is 16.7 Å². The molecule has 3 N–H and O–H groups in total. The fourth-order valence-corrected chi connectivity index (χ4v) is 10.5. The van der Waals surface area contributed by atoms with Crippen LogP contribution in [0.3, 0.4) is 0 Å². The number of rotatable bonds is 13. The summed E-state index contributed by atoms with van der Waals surface area (Å²) in [4.78, 5) is 80.5. The van der Waals surface area contributed by atoms with Crippen LogP contribution in [0.4, 0.5) is 54.1 Å². The van der Waals surface area contributed by atoms with Crippen LogP contribution in [0.2, 0.25) is 0 Å². The molecule has 0 aliphatic carbocycles. The van der Waals surface area contributed by atoms with Gasteiger partial charge in [0.1, 0.15) is 39.4 Å². The molecular formula is C71H59BF11N19O8. The number of nitrogens with zero attached hydrogens (tertiary/aromatic N) is 18. The van der Waals surface area contributed by atoms with E-state index in [4.69, 9.17) is 19.5 Å². The third-order valence-corrected chi connectivity index (χ3v) is 15.2. The van der Waals surface area contributed by atoms with Crippen LogP contribution in [0.25, 0.3) is 111 Å². The molecule has 0 saturated carbocycles. The Morgan fingerprint density at radius 3 is 1.20 bits per heavy atom. The van der Waals surface area contributed by atoms with E-state index in [0.717, 1.165) is 61.8 Å². The first-order valence-electron chi connectivity index (χ1n) is 32.6. The van der Waals surface area contributed by atoms with E-state index in [1.807, 2.05) is 32.6 Å². The predicted molar refractivity (Wildman–Crippen MR) is 384 cm³/mol. The number of ether oxygens (including phenoxy) is 3. The van der Waals surface area contributed by atoms with Crippen molar-refractivity contribution in [1.29, 1.82) is 0 Å². The molecule has 15 rings (SSSR count). The minimum Gasteiger partial charge on any atom is -0.468 e. The van der Waals surface area contributed by atoms with Crippen molar-refractivity contribution in [2.75, 3.05) is 38.8 Å². The molecule has 0 bridgehead atoms. The number of aryl methyl sites for hydroxylation is 3. The van der Waals surface area contributed by atoms with Crippen molar-refractivity contribution in [2.45, 2.75) is 38.8 Å². The topological polar surface area (TPSA) is 318 Å². The van der Waals surface area contributed by atoms with Gasteiger partial charge in [0.2, 0.25) is 29.5 Å². The Labute approximate surface area is 612 Å². The van der Waals surface area contributed by atoms with E-state index in [1.54, 1.807) is 107 Å². The first-order chi connectivity index (χ1) is 52.2. The standard InChI is InChI=1S/C24H20F3N7O2.C22H14F4N6O2.C17H12F3N5O2.C5H5BFNO2.C3H8/c1-32(2)19-8-5-16(11-28-19)34-22-18(7-9-20(30-22)36-13-24(25,26)27)29-21(23(34)35)14-4-6-17-15(10-14)12-33(3)31-17;1-31-10-13-8-12(2-4-15(13)30-31)19-21(33)32(14-3-6-17(23)27-9-14)20-16(28-19)5-7-18(29-20)34-11-22(24,25)26;1-25-7-10-6-9(2-3-11(10)24-25)14-16(26)23-15-12(21-14)4-5-13(22-15)27-8-17(18,19)20;7-5-2-1-4(3-8-5)6(9)10;1-3-2/h4-12H,13H2,1-3H3;2-10H,11H2,1H3;2-7H,8H2,1H3,(H,22,23,26);1-3,9-10H;3H2,1-2H3. The summed E-state index contributed by atoms with van der Waals surface area (Å²) in [6.07, 6.45) is -3.21. The SMILES string of the molecule is CCC.CN(C)c1ccc(-n2c(=O)c(-c3ccc4nn(C)cc4c3)nc3ccc(OCC(F)(F)F)nc32)cn1.Cn1cc2cc(-c3nc4ccc(OCC(F)(F)F)nc4[nH]c3=O)ccc2n1.Cn1cc2cc(-c3nc4ccc(OCC(F)(F)F)nc4n(-c4ccc(F)nc4)c3=O)ccc2n1.OB(O)c1ccc(F)nc1. The van der Waals surface area contributed by atoms with Gasteiger partial charge in [0.15, 0.2) is 36.8 Å². The molecule has 3 aromatic carbocycles. The first kappa shape index (κ1) is 77.9. The highest BCUT2D eigenvalue weighted by molar-refractivity contribution is 6.58. The zero-order chi connectivity index (χ0) is 79.1. The third kappa shape index (κ3) is 19.1. The number of pyridine rings is 6. The molecule has 0 spiro atoms. The average molecular weight is 1530 g/mol. The summed E-state index contributed by atoms with van der Waals surface area (Å²) in [5.74, 6) is -1.61. The number of hydrogen-bond donors (Lipinski definition) is 3. The summed E-state index contributed by atoms with van der Waals surface area (Å²) in [7, 11) is 7.45. The number of anilines is 1. The molecule has 39 heteroatoms. The summed E-state index contributed by atoms with van der Waals surface area (Å²) in [6.45, 7) is -0.275. The van der Waals surface area contributed by atoms with Crippen molar-refractivity contribution in [3.63, 3.8) is 0 Å². The van der Waals surface area contributed by atoms with E-state index >= 15 is 0 Å². The van der Waals surface area contributed by atoms with Gasteiger partial charge in [-0.15, -0.1) is 0 Å². The van der Waals surface area contributed by atoms with Crippen LogP contribution in [0.1, 0.15) is 20.3 Å². The second kappa shape index (κ2) is 32.5. The predicted octanol–water partition coefficient (Wildman–Crippen LogP) is 10.7. The lowest BCUT2D eigenvalue weighted by Crippen LogP contribution is -2.30. The van der Waals surface area contributed by atoms with Gasteiger partial charge in [-0.2, -0.15) is 78.5 Å². The number of halogens is 11. The Kier molecular flexibility index (Phi) is 23.0. The minimum atomic E-state index is -4.57. The molecule has 0 aliphatic heterocycles. The molecule has 0 fully saturated rings. The van der Waals surface area contributed by atoms with Crippen LogP contribution in [0, 0.1) is 11.9 Å². The fourth-order valence-electron chi connectivity index (χ4n) is 10.5.